The summed E-state index contributed by atoms with van der Waals surface area (Å²) in [5, 5.41) is 21.5. The molecule has 3 N–H and O–H groups in total. The van der Waals surface area contributed by atoms with E-state index in [0.717, 1.165) is 17.0 Å². The van der Waals surface area contributed by atoms with Gasteiger partial charge in [-0.05, 0) is 55.8 Å². The summed E-state index contributed by atoms with van der Waals surface area (Å²) < 4.78 is 39.1. The predicted octanol–water partition coefficient (Wildman–Crippen LogP) is 3.70. The lowest BCUT2D eigenvalue weighted by atomic mass is 10.1. The Morgan fingerprint density at radius 2 is 1.69 bits per heavy atom. The van der Waals surface area contributed by atoms with Crippen molar-refractivity contribution >= 4 is 40.4 Å². The Bertz CT molecular complexity index is 1330. The van der Waals surface area contributed by atoms with Crippen LogP contribution in [0.1, 0.15) is 28.0 Å². The summed E-state index contributed by atoms with van der Waals surface area (Å²) in [6.07, 6.45) is -4.69. The maximum atomic E-state index is 13.0. The van der Waals surface area contributed by atoms with Gasteiger partial charge in [0, 0.05) is 17.8 Å². The molecule has 1 saturated heterocycles. The smallest absolute Gasteiger partial charge is 0.416 e. The van der Waals surface area contributed by atoms with Crippen molar-refractivity contribution in [2.24, 2.45) is 5.92 Å². The minimum atomic E-state index is -4.52. The molecule has 1 aliphatic heterocycles. The predicted molar refractivity (Wildman–Crippen MR) is 117 cm³/mol. The third-order valence-electron chi connectivity index (χ3n) is 5.76. The van der Waals surface area contributed by atoms with Crippen molar-refractivity contribution in [2.45, 2.75) is 25.6 Å². The number of carbonyl (C=O) groups is 3. The molecule has 4 rings (SSSR count). The topological polar surface area (TPSA) is 133 Å². The van der Waals surface area contributed by atoms with Crippen LogP contribution in [-0.2, 0) is 15.8 Å². The third-order valence-corrected chi connectivity index (χ3v) is 5.76. The van der Waals surface area contributed by atoms with E-state index in [-0.39, 0.29) is 29.9 Å². The van der Waals surface area contributed by atoms with Crippen LogP contribution in [-0.4, -0.2) is 55.5 Å². The first-order valence-corrected chi connectivity index (χ1v) is 10.4. The normalized spacial score (nSPS) is 18.0. The number of fused-ring (bicyclic) bond motifs is 1. The summed E-state index contributed by atoms with van der Waals surface area (Å²) in [7, 11) is 0. The van der Waals surface area contributed by atoms with Crippen molar-refractivity contribution in [3.63, 3.8) is 0 Å². The number of carboxylic acid groups (broad SMARTS) is 2. The second-order valence-electron chi connectivity index (χ2n) is 8.14. The van der Waals surface area contributed by atoms with E-state index in [4.69, 9.17) is 0 Å². The van der Waals surface area contributed by atoms with Gasteiger partial charge >= 0.3 is 18.1 Å². The molecule has 2 heterocycles. The average Bonchev–Trinajstić information content (AvgIpc) is 3.25. The SMILES string of the molecule is Cc1nc2ccc(C(F)(F)F)cc2nc1Nc1ccc(C(=O)N2CC(C(=O)O)CC2C(=O)O)cc1. The number of aryl methyl sites for hydroxylation is 1. The van der Waals surface area contributed by atoms with Crippen LogP contribution in [0.3, 0.4) is 0 Å². The number of likely N-dealkylation sites (tertiary alicyclic amines) is 1. The molecule has 0 bridgehead atoms. The van der Waals surface area contributed by atoms with Crippen molar-refractivity contribution in [2.75, 3.05) is 11.9 Å². The second kappa shape index (κ2) is 8.85. The number of halogens is 3. The Kier molecular flexibility index (Phi) is 6.05. The zero-order chi connectivity index (χ0) is 25.5. The Hall–Kier alpha value is -4.22. The first kappa shape index (κ1) is 23.9. The number of anilines is 2. The van der Waals surface area contributed by atoms with E-state index in [2.05, 4.69) is 15.3 Å². The first-order valence-electron chi connectivity index (χ1n) is 10.4. The van der Waals surface area contributed by atoms with Gasteiger partial charge in [-0.3, -0.25) is 9.59 Å². The fraction of sp³-hybridized carbons (Fsp3) is 0.261. The molecule has 12 heteroatoms. The van der Waals surface area contributed by atoms with E-state index in [1.165, 1.54) is 30.3 Å². The lowest BCUT2D eigenvalue weighted by molar-refractivity contribution is -0.142. The molecule has 1 fully saturated rings. The summed E-state index contributed by atoms with van der Waals surface area (Å²) in [5.74, 6) is -3.80. The highest BCUT2D eigenvalue weighted by atomic mass is 19.4. The Morgan fingerprint density at radius 1 is 1.00 bits per heavy atom. The maximum absolute atomic E-state index is 13.0. The van der Waals surface area contributed by atoms with Crippen LogP contribution in [0.25, 0.3) is 11.0 Å². The summed E-state index contributed by atoms with van der Waals surface area (Å²) in [6, 6.07) is 7.77. The molecule has 1 amide bonds. The number of carbonyl (C=O) groups excluding carboxylic acids is 1. The van der Waals surface area contributed by atoms with Gasteiger partial charge in [0.25, 0.3) is 5.91 Å². The Morgan fingerprint density at radius 3 is 2.29 bits per heavy atom. The van der Waals surface area contributed by atoms with Crippen molar-refractivity contribution < 1.29 is 37.8 Å². The van der Waals surface area contributed by atoms with Crippen LogP contribution >= 0.6 is 0 Å². The number of benzene rings is 2. The van der Waals surface area contributed by atoms with E-state index >= 15 is 0 Å². The summed E-state index contributed by atoms with van der Waals surface area (Å²) in [6.45, 7) is 1.43. The molecular weight excluding hydrogens is 469 g/mol. The molecule has 35 heavy (non-hydrogen) atoms. The van der Waals surface area contributed by atoms with E-state index in [1.807, 2.05) is 0 Å². The highest BCUT2D eigenvalue weighted by molar-refractivity contribution is 5.98. The van der Waals surface area contributed by atoms with Crippen molar-refractivity contribution in [1.82, 2.24) is 14.9 Å². The van der Waals surface area contributed by atoms with Gasteiger partial charge in [-0.1, -0.05) is 0 Å². The second-order valence-corrected chi connectivity index (χ2v) is 8.14. The van der Waals surface area contributed by atoms with Crippen LogP contribution in [0.2, 0.25) is 0 Å². The molecule has 1 aromatic heterocycles. The molecule has 182 valence electrons. The third kappa shape index (κ3) is 4.86. The number of aromatic nitrogens is 2. The molecule has 2 aromatic carbocycles. The number of hydrogen-bond donors (Lipinski definition) is 3. The molecule has 3 aromatic rings. The van der Waals surface area contributed by atoms with Crippen LogP contribution in [0, 0.1) is 12.8 Å². The number of nitrogens with one attached hydrogen (secondary N) is 1. The van der Waals surface area contributed by atoms with Crippen molar-refractivity contribution in [3.8, 4) is 0 Å². The molecule has 0 aliphatic carbocycles. The number of aliphatic carboxylic acids is 2. The van der Waals surface area contributed by atoms with Crippen molar-refractivity contribution in [1.29, 1.82) is 0 Å². The van der Waals surface area contributed by atoms with E-state index in [1.54, 1.807) is 6.92 Å². The number of hydrogen-bond acceptors (Lipinski definition) is 6. The van der Waals surface area contributed by atoms with Gasteiger partial charge in [-0.15, -0.1) is 0 Å². The zero-order valence-corrected chi connectivity index (χ0v) is 18.2. The quantitative estimate of drug-likeness (QED) is 0.495. The number of nitrogens with zero attached hydrogens (tertiary/aromatic N) is 3. The number of amides is 1. The van der Waals surface area contributed by atoms with Crippen molar-refractivity contribution in [3.05, 3.63) is 59.3 Å². The zero-order valence-electron chi connectivity index (χ0n) is 18.2. The molecule has 1 aliphatic rings. The lowest BCUT2D eigenvalue weighted by Gasteiger charge is -2.21. The van der Waals surface area contributed by atoms with Gasteiger partial charge in [-0.25, -0.2) is 14.8 Å². The van der Waals surface area contributed by atoms with Crippen LogP contribution in [0.5, 0.6) is 0 Å². The van der Waals surface area contributed by atoms with Gasteiger partial charge < -0.3 is 20.4 Å². The maximum Gasteiger partial charge on any atom is 0.416 e. The number of carboxylic acids is 2. The monoisotopic (exact) mass is 488 g/mol. The van der Waals surface area contributed by atoms with Gasteiger partial charge in [0.15, 0.2) is 5.82 Å². The minimum absolute atomic E-state index is 0.0569. The van der Waals surface area contributed by atoms with Gasteiger partial charge in [0.05, 0.1) is 28.2 Å². The molecular formula is C23H19F3N4O5. The minimum Gasteiger partial charge on any atom is -0.481 e. The molecule has 2 atom stereocenters. The highest BCUT2D eigenvalue weighted by Gasteiger charge is 2.42. The summed E-state index contributed by atoms with van der Waals surface area (Å²) >= 11 is 0. The first-order chi connectivity index (χ1) is 16.4. The number of rotatable bonds is 5. The summed E-state index contributed by atoms with van der Waals surface area (Å²) in [5.41, 5.74) is 0.581. The standard InChI is InChI=1S/C23H19F3N4O5/c1-11-19(29-17-9-14(23(24,25)26)4-7-16(17)27-11)28-15-5-2-12(3-6-15)20(31)30-10-13(21(32)33)8-18(30)22(34)35/h2-7,9,13,18H,8,10H2,1H3,(H,28,29)(H,32,33)(H,34,35). The lowest BCUT2D eigenvalue weighted by Crippen LogP contribution is -2.40. The van der Waals surface area contributed by atoms with Crippen LogP contribution in [0.4, 0.5) is 24.7 Å². The fourth-order valence-electron chi connectivity index (χ4n) is 3.91. The van der Waals surface area contributed by atoms with Gasteiger partial charge in [0.2, 0.25) is 0 Å². The summed E-state index contributed by atoms with van der Waals surface area (Å²) in [4.78, 5) is 45.2. The highest BCUT2D eigenvalue weighted by Crippen LogP contribution is 2.32. The average molecular weight is 488 g/mol. The van der Waals surface area contributed by atoms with Gasteiger partial charge in [-0.2, -0.15) is 13.2 Å². The molecule has 0 saturated carbocycles. The molecule has 2 unspecified atom stereocenters. The molecule has 0 radical (unpaired) electrons. The largest absolute Gasteiger partial charge is 0.481 e. The van der Waals surface area contributed by atoms with Gasteiger partial charge in [0.1, 0.15) is 6.04 Å². The number of alkyl halides is 3. The van der Waals surface area contributed by atoms with E-state index < -0.39 is 41.5 Å². The Balaban J connectivity index is 1.55. The fourth-order valence-corrected chi connectivity index (χ4v) is 3.91. The molecule has 0 spiro atoms. The molecule has 9 nitrogen and oxygen atoms in total. The van der Waals surface area contributed by atoms with Crippen LogP contribution < -0.4 is 5.32 Å². The Labute approximate surface area is 196 Å². The van der Waals surface area contributed by atoms with E-state index in [9.17, 15) is 37.8 Å². The van der Waals surface area contributed by atoms with E-state index in [0.29, 0.717) is 16.9 Å². The van der Waals surface area contributed by atoms with Crippen LogP contribution in [0.15, 0.2) is 42.5 Å².